The van der Waals surface area contributed by atoms with Crippen LogP contribution in [0, 0.1) is 5.92 Å². The molecule has 0 bridgehead atoms. The van der Waals surface area contributed by atoms with Crippen LogP contribution < -0.4 is 5.73 Å². The van der Waals surface area contributed by atoms with E-state index in [2.05, 4.69) is 6.92 Å². The molecule has 1 heterocycles. The van der Waals surface area contributed by atoms with Crippen LogP contribution in [0.25, 0.3) is 0 Å². The van der Waals surface area contributed by atoms with Crippen molar-refractivity contribution in [2.45, 2.75) is 63.0 Å². The first kappa shape index (κ1) is 12.3. The first-order valence-electron chi connectivity index (χ1n) is 6.69. The molecule has 94 valence electrons. The average molecular weight is 227 g/mol. The maximum Gasteiger partial charge on any atom is 0.0849 e. The van der Waals surface area contributed by atoms with E-state index in [4.69, 9.17) is 10.5 Å². The number of nitrogens with two attached hydrogens (primary N) is 1. The van der Waals surface area contributed by atoms with Gasteiger partial charge in [-0.3, -0.25) is 0 Å². The van der Waals surface area contributed by atoms with E-state index in [0.717, 1.165) is 38.0 Å². The molecule has 0 radical (unpaired) electrons. The van der Waals surface area contributed by atoms with Crippen molar-refractivity contribution in [2.24, 2.45) is 11.7 Å². The van der Waals surface area contributed by atoms with E-state index < -0.39 is 11.1 Å². The van der Waals surface area contributed by atoms with Gasteiger partial charge in [0.15, 0.2) is 0 Å². The SMILES string of the molecule is CCC1CCCC(O)(C2(N)CCOC2)CC1. The van der Waals surface area contributed by atoms with Gasteiger partial charge in [0.05, 0.1) is 17.7 Å². The van der Waals surface area contributed by atoms with Crippen molar-refractivity contribution in [3.05, 3.63) is 0 Å². The first-order chi connectivity index (χ1) is 7.60. The van der Waals surface area contributed by atoms with Crippen LogP contribution in [0.5, 0.6) is 0 Å². The molecule has 1 aliphatic carbocycles. The molecule has 0 amide bonds. The minimum Gasteiger partial charge on any atom is -0.388 e. The molecule has 3 heteroatoms. The topological polar surface area (TPSA) is 55.5 Å². The van der Waals surface area contributed by atoms with Crippen LogP contribution in [0.15, 0.2) is 0 Å². The number of hydrogen-bond donors (Lipinski definition) is 2. The van der Waals surface area contributed by atoms with Crippen molar-refractivity contribution in [1.82, 2.24) is 0 Å². The number of rotatable bonds is 2. The summed E-state index contributed by atoms with van der Waals surface area (Å²) in [7, 11) is 0. The number of ether oxygens (including phenoxy) is 1. The van der Waals surface area contributed by atoms with Crippen LogP contribution in [0.1, 0.15) is 51.9 Å². The molecule has 0 aromatic rings. The van der Waals surface area contributed by atoms with Crippen molar-refractivity contribution in [2.75, 3.05) is 13.2 Å². The Morgan fingerprint density at radius 3 is 2.75 bits per heavy atom. The lowest BCUT2D eigenvalue weighted by Gasteiger charge is -2.41. The van der Waals surface area contributed by atoms with Gasteiger partial charge in [0.1, 0.15) is 0 Å². The Bertz CT molecular complexity index is 238. The predicted molar refractivity (Wildman–Crippen MR) is 64.2 cm³/mol. The molecule has 3 nitrogen and oxygen atoms in total. The molecule has 1 aliphatic heterocycles. The summed E-state index contributed by atoms with van der Waals surface area (Å²) < 4.78 is 5.39. The van der Waals surface area contributed by atoms with Crippen LogP contribution >= 0.6 is 0 Å². The minimum absolute atomic E-state index is 0.490. The Balaban J connectivity index is 2.06. The second-order valence-corrected chi connectivity index (χ2v) is 5.70. The highest BCUT2D eigenvalue weighted by Gasteiger charge is 2.50. The van der Waals surface area contributed by atoms with Gasteiger partial charge < -0.3 is 15.6 Å². The molecule has 2 aliphatic rings. The number of hydrogen-bond acceptors (Lipinski definition) is 3. The Labute approximate surface area is 98.4 Å². The predicted octanol–water partition coefficient (Wildman–Crippen LogP) is 1.83. The minimum atomic E-state index is -0.687. The van der Waals surface area contributed by atoms with Crippen LogP contribution in [0.2, 0.25) is 0 Å². The van der Waals surface area contributed by atoms with Gasteiger partial charge in [0, 0.05) is 6.61 Å². The zero-order valence-electron chi connectivity index (χ0n) is 10.4. The summed E-state index contributed by atoms with van der Waals surface area (Å²) >= 11 is 0. The third-order valence-electron chi connectivity index (χ3n) is 4.73. The van der Waals surface area contributed by atoms with Gasteiger partial charge in [-0.1, -0.05) is 26.2 Å². The normalized spacial score (nSPS) is 45.6. The average Bonchev–Trinajstić information content (AvgIpc) is 2.62. The fourth-order valence-electron chi connectivity index (χ4n) is 3.25. The zero-order chi connectivity index (χ0) is 11.6. The third-order valence-corrected chi connectivity index (χ3v) is 4.73. The molecule has 3 N–H and O–H groups in total. The van der Waals surface area contributed by atoms with Crippen molar-refractivity contribution in [3.8, 4) is 0 Å². The van der Waals surface area contributed by atoms with E-state index in [1.54, 1.807) is 0 Å². The van der Waals surface area contributed by atoms with E-state index in [1.807, 2.05) is 0 Å². The van der Waals surface area contributed by atoms with Gasteiger partial charge in [-0.25, -0.2) is 0 Å². The highest BCUT2D eigenvalue weighted by atomic mass is 16.5. The van der Waals surface area contributed by atoms with E-state index in [1.165, 1.54) is 12.8 Å². The molecule has 2 rings (SSSR count). The Morgan fingerprint density at radius 1 is 1.31 bits per heavy atom. The lowest BCUT2D eigenvalue weighted by atomic mass is 9.74. The molecule has 0 aromatic carbocycles. The highest BCUT2D eigenvalue weighted by Crippen LogP contribution is 2.40. The summed E-state index contributed by atoms with van der Waals surface area (Å²) in [5.41, 5.74) is 5.17. The third kappa shape index (κ3) is 2.13. The molecular formula is C13H25NO2. The summed E-state index contributed by atoms with van der Waals surface area (Å²) in [6.07, 6.45) is 7.20. The van der Waals surface area contributed by atoms with E-state index in [9.17, 15) is 5.11 Å². The quantitative estimate of drug-likeness (QED) is 0.708. The maximum atomic E-state index is 10.8. The van der Waals surface area contributed by atoms with Gasteiger partial charge >= 0.3 is 0 Å². The van der Waals surface area contributed by atoms with Crippen molar-refractivity contribution in [3.63, 3.8) is 0 Å². The lowest BCUT2D eigenvalue weighted by molar-refractivity contribution is -0.0517. The molecule has 3 atom stereocenters. The molecule has 0 spiro atoms. The molecule has 16 heavy (non-hydrogen) atoms. The Morgan fingerprint density at radius 2 is 2.12 bits per heavy atom. The van der Waals surface area contributed by atoms with E-state index >= 15 is 0 Å². The Kier molecular flexibility index (Phi) is 3.57. The molecule has 3 unspecified atom stereocenters. The Hall–Kier alpha value is -0.120. The van der Waals surface area contributed by atoms with Crippen molar-refractivity contribution >= 4 is 0 Å². The molecular weight excluding hydrogens is 202 g/mol. The smallest absolute Gasteiger partial charge is 0.0849 e. The van der Waals surface area contributed by atoms with Gasteiger partial charge in [-0.2, -0.15) is 0 Å². The van der Waals surface area contributed by atoms with Crippen LogP contribution in [-0.2, 0) is 4.74 Å². The summed E-state index contributed by atoms with van der Waals surface area (Å²) in [4.78, 5) is 0. The van der Waals surface area contributed by atoms with Crippen LogP contribution in [0.3, 0.4) is 0 Å². The maximum absolute atomic E-state index is 10.8. The zero-order valence-corrected chi connectivity index (χ0v) is 10.4. The molecule has 1 saturated heterocycles. The highest BCUT2D eigenvalue weighted by molar-refractivity contribution is 5.06. The summed E-state index contributed by atoms with van der Waals surface area (Å²) in [5.74, 6) is 0.778. The molecule has 2 fully saturated rings. The standard InChI is InChI=1S/C13H25NO2/c1-2-11-4-3-6-13(15,7-5-11)12(14)8-9-16-10-12/h11,15H,2-10,14H2,1H3. The second-order valence-electron chi connectivity index (χ2n) is 5.70. The van der Waals surface area contributed by atoms with Crippen molar-refractivity contribution < 1.29 is 9.84 Å². The fourth-order valence-corrected chi connectivity index (χ4v) is 3.25. The van der Waals surface area contributed by atoms with Gasteiger partial charge in [0.2, 0.25) is 0 Å². The second kappa shape index (κ2) is 4.63. The summed E-state index contributed by atoms with van der Waals surface area (Å²) in [5, 5.41) is 10.8. The summed E-state index contributed by atoms with van der Waals surface area (Å²) in [6.45, 7) is 3.47. The molecule has 0 aromatic heterocycles. The largest absolute Gasteiger partial charge is 0.388 e. The number of aliphatic hydroxyl groups is 1. The van der Waals surface area contributed by atoms with Gasteiger partial charge in [-0.15, -0.1) is 0 Å². The first-order valence-corrected chi connectivity index (χ1v) is 6.69. The van der Waals surface area contributed by atoms with E-state index in [0.29, 0.717) is 13.2 Å². The van der Waals surface area contributed by atoms with Gasteiger partial charge in [-0.05, 0) is 31.6 Å². The molecule has 1 saturated carbocycles. The fraction of sp³-hybridized carbons (Fsp3) is 1.00. The summed E-state index contributed by atoms with van der Waals surface area (Å²) in [6, 6.07) is 0. The van der Waals surface area contributed by atoms with E-state index in [-0.39, 0.29) is 0 Å². The lowest BCUT2D eigenvalue weighted by Crippen LogP contribution is -2.61. The monoisotopic (exact) mass is 227 g/mol. The van der Waals surface area contributed by atoms with Gasteiger partial charge in [0.25, 0.3) is 0 Å². The van der Waals surface area contributed by atoms with Crippen LogP contribution in [0.4, 0.5) is 0 Å². The van der Waals surface area contributed by atoms with Crippen molar-refractivity contribution in [1.29, 1.82) is 0 Å². The van der Waals surface area contributed by atoms with Crippen LogP contribution in [-0.4, -0.2) is 29.5 Å².